The molecule has 0 bridgehead atoms. The highest BCUT2D eigenvalue weighted by Gasteiger charge is 2.16. The molecule has 2 heterocycles. The van der Waals surface area contributed by atoms with Gasteiger partial charge in [0.1, 0.15) is 0 Å². The maximum Gasteiger partial charge on any atom is 0.315 e. The molecular formula is C11H18N4O2. The molecular weight excluding hydrogens is 220 g/mol. The van der Waals surface area contributed by atoms with Crippen LogP contribution in [-0.2, 0) is 11.3 Å². The number of nitrogens with zero attached hydrogens (tertiary/aromatic N) is 2. The van der Waals surface area contributed by atoms with Gasteiger partial charge in [0.2, 0.25) is 0 Å². The molecule has 94 valence electrons. The van der Waals surface area contributed by atoms with Crippen molar-refractivity contribution in [2.24, 2.45) is 0 Å². The first-order chi connectivity index (χ1) is 8.34. The third-order valence-corrected chi connectivity index (χ3v) is 2.67. The van der Waals surface area contributed by atoms with Crippen molar-refractivity contribution >= 4 is 6.03 Å². The van der Waals surface area contributed by atoms with Crippen molar-refractivity contribution in [3.63, 3.8) is 0 Å². The summed E-state index contributed by atoms with van der Waals surface area (Å²) in [5, 5.41) is 9.79. The largest absolute Gasteiger partial charge is 0.379 e. The number of carbonyl (C=O) groups excluding carboxylic acids is 1. The molecule has 0 spiro atoms. The lowest BCUT2D eigenvalue weighted by Crippen LogP contribution is -2.42. The highest BCUT2D eigenvalue weighted by molar-refractivity contribution is 5.74. The minimum absolute atomic E-state index is 0.110. The number of aryl methyl sites for hydroxylation is 1. The van der Waals surface area contributed by atoms with Gasteiger partial charge in [-0.15, -0.1) is 0 Å². The summed E-state index contributed by atoms with van der Waals surface area (Å²) in [5.74, 6) is 0. The highest BCUT2D eigenvalue weighted by atomic mass is 16.5. The molecule has 1 aliphatic rings. The lowest BCUT2D eigenvalue weighted by molar-refractivity contribution is 0.188. The first kappa shape index (κ1) is 11.9. The summed E-state index contributed by atoms with van der Waals surface area (Å²) < 4.78 is 7.03. The Hall–Kier alpha value is -1.56. The minimum atomic E-state index is -0.110. The van der Waals surface area contributed by atoms with Gasteiger partial charge in [0.05, 0.1) is 12.6 Å². The van der Waals surface area contributed by atoms with Crippen LogP contribution in [-0.4, -0.2) is 41.6 Å². The zero-order chi connectivity index (χ0) is 11.9. The van der Waals surface area contributed by atoms with Crippen molar-refractivity contribution in [2.45, 2.75) is 25.4 Å². The number of amides is 2. The zero-order valence-corrected chi connectivity index (χ0v) is 9.76. The zero-order valence-electron chi connectivity index (χ0n) is 9.76. The van der Waals surface area contributed by atoms with Gasteiger partial charge in [0.15, 0.2) is 0 Å². The summed E-state index contributed by atoms with van der Waals surface area (Å²) in [6, 6.07) is 1.95. The molecule has 0 saturated carbocycles. The Morgan fingerprint density at radius 3 is 3.24 bits per heavy atom. The van der Waals surface area contributed by atoms with E-state index in [0.717, 1.165) is 26.0 Å². The van der Waals surface area contributed by atoms with Gasteiger partial charge >= 0.3 is 6.03 Å². The first-order valence-electron chi connectivity index (χ1n) is 5.94. The second-order valence-corrected chi connectivity index (χ2v) is 4.08. The molecule has 1 aliphatic heterocycles. The molecule has 0 radical (unpaired) electrons. The van der Waals surface area contributed by atoms with Gasteiger partial charge < -0.3 is 15.4 Å². The lowest BCUT2D eigenvalue weighted by Gasteiger charge is -2.11. The third-order valence-electron chi connectivity index (χ3n) is 2.67. The summed E-state index contributed by atoms with van der Waals surface area (Å²) in [5.41, 5.74) is 0. The predicted octanol–water partition coefficient (Wildman–Crippen LogP) is 0.361. The third kappa shape index (κ3) is 4.07. The molecule has 1 aromatic rings. The maximum absolute atomic E-state index is 11.5. The van der Waals surface area contributed by atoms with E-state index >= 15 is 0 Å². The molecule has 0 aliphatic carbocycles. The van der Waals surface area contributed by atoms with Crippen molar-refractivity contribution in [2.75, 3.05) is 19.8 Å². The van der Waals surface area contributed by atoms with Crippen LogP contribution in [0.2, 0.25) is 0 Å². The van der Waals surface area contributed by atoms with E-state index in [-0.39, 0.29) is 12.1 Å². The average Bonchev–Trinajstić information content (AvgIpc) is 2.96. The SMILES string of the molecule is O=C(NCCCn1cccn1)NC1CCOC1. The van der Waals surface area contributed by atoms with E-state index in [1.807, 2.05) is 16.9 Å². The summed E-state index contributed by atoms with van der Waals surface area (Å²) >= 11 is 0. The molecule has 1 fully saturated rings. The topological polar surface area (TPSA) is 68.2 Å². The fourth-order valence-electron chi connectivity index (χ4n) is 1.76. The Morgan fingerprint density at radius 1 is 1.59 bits per heavy atom. The summed E-state index contributed by atoms with van der Waals surface area (Å²) in [4.78, 5) is 11.5. The smallest absolute Gasteiger partial charge is 0.315 e. The normalized spacial score (nSPS) is 19.2. The van der Waals surface area contributed by atoms with Crippen molar-refractivity contribution in [1.29, 1.82) is 0 Å². The van der Waals surface area contributed by atoms with Crippen LogP contribution in [0.15, 0.2) is 18.5 Å². The molecule has 1 atom stereocenters. The fraction of sp³-hybridized carbons (Fsp3) is 0.636. The Kier molecular flexibility index (Phi) is 4.37. The summed E-state index contributed by atoms with van der Waals surface area (Å²) in [6.45, 7) is 2.84. The van der Waals surface area contributed by atoms with Crippen LogP contribution in [0.1, 0.15) is 12.8 Å². The molecule has 2 rings (SSSR count). The Bertz CT molecular complexity index is 333. The monoisotopic (exact) mass is 238 g/mol. The number of aromatic nitrogens is 2. The van der Waals surface area contributed by atoms with Gasteiger partial charge in [0, 0.05) is 32.1 Å². The van der Waals surface area contributed by atoms with Crippen LogP contribution in [0, 0.1) is 0 Å². The van der Waals surface area contributed by atoms with Crippen molar-refractivity contribution < 1.29 is 9.53 Å². The minimum Gasteiger partial charge on any atom is -0.379 e. The summed E-state index contributed by atoms with van der Waals surface area (Å²) in [7, 11) is 0. The fourth-order valence-corrected chi connectivity index (χ4v) is 1.76. The second kappa shape index (κ2) is 6.24. The Labute approximate surface area is 100 Å². The van der Waals surface area contributed by atoms with E-state index < -0.39 is 0 Å². The van der Waals surface area contributed by atoms with Crippen molar-refractivity contribution in [1.82, 2.24) is 20.4 Å². The van der Waals surface area contributed by atoms with Gasteiger partial charge in [0.25, 0.3) is 0 Å². The van der Waals surface area contributed by atoms with Gasteiger partial charge in [-0.1, -0.05) is 0 Å². The second-order valence-electron chi connectivity index (χ2n) is 4.08. The van der Waals surface area contributed by atoms with Crippen LogP contribution in [0.4, 0.5) is 4.79 Å². The predicted molar refractivity (Wildman–Crippen MR) is 62.6 cm³/mol. The molecule has 1 aromatic heterocycles. The van der Waals surface area contributed by atoms with Gasteiger partial charge in [-0.3, -0.25) is 4.68 Å². The Balaban J connectivity index is 1.53. The van der Waals surface area contributed by atoms with E-state index in [4.69, 9.17) is 4.74 Å². The van der Waals surface area contributed by atoms with Crippen LogP contribution < -0.4 is 10.6 Å². The molecule has 1 saturated heterocycles. The number of nitrogens with one attached hydrogen (secondary N) is 2. The lowest BCUT2D eigenvalue weighted by atomic mass is 10.3. The van der Waals surface area contributed by atoms with Crippen molar-refractivity contribution in [3.05, 3.63) is 18.5 Å². The molecule has 1 unspecified atom stereocenters. The number of carbonyl (C=O) groups is 1. The number of hydrogen-bond donors (Lipinski definition) is 2. The summed E-state index contributed by atoms with van der Waals surface area (Å²) in [6.07, 6.45) is 5.44. The molecule has 6 heteroatoms. The van der Waals surface area contributed by atoms with Crippen LogP contribution in [0.5, 0.6) is 0 Å². The van der Waals surface area contributed by atoms with Crippen LogP contribution >= 0.6 is 0 Å². The van der Waals surface area contributed by atoms with Gasteiger partial charge in [-0.2, -0.15) is 5.10 Å². The van der Waals surface area contributed by atoms with E-state index in [1.54, 1.807) is 6.20 Å². The standard InChI is InChI=1S/C11H18N4O2/c16-11(14-10-3-8-17-9-10)12-4-1-6-15-7-2-5-13-15/h2,5,7,10H,1,3-4,6,8-9H2,(H2,12,14,16). The van der Waals surface area contributed by atoms with E-state index in [1.165, 1.54) is 0 Å². The quantitative estimate of drug-likeness (QED) is 0.728. The van der Waals surface area contributed by atoms with E-state index in [9.17, 15) is 4.79 Å². The molecule has 2 amide bonds. The van der Waals surface area contributed by atoms with E-state index in [2.05, 4.69) is 15.7 Å². The average molecular weight is 238 g/mol. The van der Waals surface area contributed by atoms with Crippen LogP contribution in [0.3, 0.4) is 0 Å². The van der Waals surface area contributed by atoms with E-state index in [0.29, 0.717) is 13.2 Å². The number of rotatable bonds is 5. The highest BCUT2D eigenvalue weighted by Crippen LogP contribution is 2.02. The molecule has 0 aromatic carbocycles. The number of ether oxygens (including phenoxy) is 1. The molecule has 17 heavy (non-hydrogen) atoms. The van der Waals surface area contributed by atoms with Crippen LogP contribution in [0.25, 0.3) is 0 Å². The van der Waals surface area contributed by atoms with Gasteiger partial charge in [-0.05, 0) is 18.9 Å². The molecule has 2 N–H and O–H groups in total. The first-order valence-corrected chi connectivity index (χ1v) is 5.94. The Morgan fingerprint density at radius 2 is 2.53 bits per heavy atom. The number of urea groups is 1. The molecule has 6 nitrogen and oxygen atoms in total. The number of hydrogen-bond acceptors (Lipinski definition) is 3. The maximum atomic E-state index is 11.5. The van der Waals surface area contributed by atoms with Crippen molar-refractivity contribution in [3.8, 4) is 0 Å². The van der Waals surface area contributed by atoms with Gasteiger partial charge in [-0.25, -0.2) is 4.79 Å².